The van der Waals surface area contributed by atoms with Gasteiger partial charge in [-0.25, -0.2) is 4.79 Å². The van der Waals surface area contributed by atoms with Crippen LogP contribution in [-0.4, -0.2) is 20.3 Å². The van der Waals surface area contributed by atoms with Gasteiger partial charge >= 0.3 is 18.9 Å². The van der Waals surface area contributed by atoms with E-state index in [0.29, 0.717) is 10.6 Å². The first kappa shape index (κ1) is 15.4. The number of carbonyl (C=O) groups is 1. The Morgan fingerprint density at radius 2 is 1.94 bits per heavy atom. The van der Waals surface area contributed by atoms with E-state index in [0.717, 1.165) is 5.56 Å². The van der Waals surface area contributed by atoms with Crippen molar-refractivity contribution in [3.8, 4) is 0 Å². The molecule has 1 aromatic heterocycles. The average molecular weight is 270 g/mol. The minimum Gasteiger partial charge on any atom is -0.465 e. The van der Waals surface area contributed by atoms with Gasteiger partial charge in [-0.2, -0.15) is 0 Å². The molecule has 10 heteroatoms. The molecule has 0 bridgehead atoms. The first-order chi connectivity index (χ1) is 7.70. The van der Waals surface area contributed by atoms with Crippen molar-refractivity contribution in [2.24, 2.45) is 0 Å². The molecule has 0 radical (unpaired) electrons. The molecular formula is C7H7BF4N2O2S. The maximum absolute atomic E-state index is 11.0. The lowest BCUT2D eigenvalue weighted by atomic mass is 10.3. The summed E-state index contributed by atoms with van der Waals surface area (Å²) in [7, 11) is -4.71. The number of esters is 1. The number of thiophene rings is 1. The monoisotopic (exact) mass is 270 g/mol. The van der Waals surface area contributed by atoms with Crippen molar-refractivity contribution in [3.63, 3.8) is 0 Å². The van der Waals surface area contributed by atoms with Crippen molar-refractivity contribution in [1.82, 2.24) is 0 Å². The normalized spacial score (nSPS) is 9.94. The minimum atomic E-state index is -6.00. The molecule has 0 saturated carbocycles. The Morgan fingerprint density at radius 1 is 1.47 bits per heavy atom. The number of diazo groups is 1. The van der Waals surface area contributed by atoms with Gasteiger partial charge in [-0.15, -0.1) is 11.3 Å². The fourth-order valence-electron chi connectivity index (χ4n) is 0.800. The molecule has 0 aromatic carbocycles. The van der Waals surface area contributed by atoms with E-state index in [2.05, 4.69) is 9.71 Å². The van der Waals surface area contributed by atoms with E-state index in [1.54, 1.807) is 12.3 Å². The summed E-state index contributed by atoms with van der Waals surface area (Å²) in [5.41, 5.74) is 1.06. The van der Waals surface area contributed by atoms with Gasteiger partial charge in [0.25, 0.3) is 0 Å². The first-order valence-electron chi connectivity index (χ1n) is 4.09. The molecule has 1 aromatic rings. The second-order valence-electron chi connectivity index (χ2n) is 2.68. The van der Waals surface area contributed by atoms with Crippen LogP contribution in [0.15, 0.2) is 5.38 Å². The number of hydrogen-bond acceptors (Lipinski definition) is 4. The first-order valence-corrected chi connectivity index (χ1v) is 4.97. The molecule has 0 saturated heterocycles. The molecule has 0 aliphatic rings. The highest BCUT2D eigenvalue weighted by atomic mass is 32.1. The molecule has 17 heavy (non-hydrogen) atoms. The number of methoxy groups -OCH3 is 1. The van der Waals surface area contributed by atoms with Crippen LogP contribution < -0.4 is 0 Å². The van der Waals surface area contributed by atoms with Crippen LogP contribution in [0.4, 0.5) is 23.0 Å². The summed E-state index contributed by atoms with van der Waals surface area (Å²) in [4.78, 5) is 14.4. The molecule has 0 aliphatic carbocycles. The zero-order valence-corrected chi connectivity index (χ0v) is 9.60. The predicted molar refractivity (Wildman–Crippen MR) is 55.3 cm³/mol. The number of hydrogen-bond donors (Lipinski definition) is 0. The van der Waals surface area contributed by atoms with Crippen molar-refractivity contribution in [3.05, 3.63) is 20.8 Å². The highest BCUT2D eigenvalue weighted by Crippen LogP contribution is 2.30. The van der Waals surface area contributed by atoms with Crippen molar-refractivity contribution in [2.45, 2.75) is 6.92 Å². The summed E-state index contributed by atoms with van der Waals surface area (Å²) >= 11 is 1.21. The van der Waals surface area contributed by atoms with Gasteiger partial charge in [0, 0.05) is 5.38 Å². The van der Waals surface area contributed by atoms with Crippen LogP contribution >= 0.6 is 11.3 Å². The number of nitrogens with zero attached hydrogens (tertiary/aromatic N) is 2. The lowest BCUT2D eigenvalue weighted by molar-refractivity contribution is 0.0607. The molecule has 0 N–H and O–H groups in total. The summed E-state index contributed by atoms with van der Waals surface area (Å²) in [6, 6.07) is 0. The molecule has 94 valence electrons. The van der Waals surface area contributed by atoms with E-state index in [1.807, 2.05) is 0 Å². The van der Waals surface area contributed by atoms with E-state index in [1.165, 1.54) is 18.4 Å². The number of halogens is 4. The van der Waals surface area contributed by atoms with Crippen molar-refractivity contribution in [1.29, 1.82) is 5.39 Å². The number of carbonyl (C=O) groups excluding carboxylic acids is 1. The van der Waals surface area contributed by atoms with Gasteiger partial charge in [-0.1, -0.05) is 0 Å². The van der Waals surface area contributed by atoms with Gasteiger partial charge < -0.3 is 22.0 Å². The molecule has 1 rings (SSSR count). The molecule has 0 aliphatic heterocycles. The topological polar surface area (TPSA) is 54.5 Å². The zero-order valence-electron chi connectivity index (χ0n) is 8.79. The highest BCUT2D eigenvalue weighted by Gasteiger charge is 2.26. The molecule has 1 heterocycles. The van der Waals surface area contributed by atoms with E-state index < -0.39 is 13.2 Å². The third kappa shape index (κ3) is 5.86. The quantitative estimate of drug-likeness (QED) is 0.339. The zero-order chi connectivity index (χ0) is 13.6. The summed E-state index contributed by atoms with van der Waals surface area (Å²) < 4.78 is 43.5. The Hall–Kier alpha value is -1.63. The summed E-state index contributed by atoms with van der Waals surface area (Å²) in [6.45, 7) is 1.76. The second kappa shape index (κ2) is 6.19. The molecule has 0 spiro atoms. The van der Waals surface area contributed by atoms with Crippen molar-refractivity contribution >= 4 is 30.2 Å². The van der Waals surface area contributed by atoms with E-state index in [9.17, 15) is 22.1 Å². The molecule has 0 unspecified atom stereocenters. The average Bonchev–Trinajstić information content (AvgIpc) is 2.55. The van der Waals surface area contributed by atoms with Crippen LogP contribution in [0, 0.1) is 12.3 Å². The van der Waals surface area contributed by atoms with Gasteiger partial charge in [-0.05, 0) is 6.92 Å². The third-order valence-corrected chi connectivity index (χ3v) is 2.48. The van der Waals surface area contributed by atoms with Crippen LogP contribution in [0.5, 0.6) is 0 Å². The maximum Gasteiger partial charge on any atom is 0.673 e. The molecule has 4 nitrogen and oxygen atoms in total. The minimum absolute atomic E-state index is 0.298. The van der Waals surface area contributed by atoms with Crippen LogP contribution in [0.1, 0.15) is 15.2 Å². The van der Waals surface area contributed by atoms with E-state index in [4.69, 9.17) is 5.39 Å². The summed E-state index contributed by atoms with van der Waals surface area (Å²) in [5.74, 6) is -0.471. The largest absolute Gasteiger partial charge is 0.673 e. The van der Waals surface area contributed by atoms with Crippen molar-refractivity contribution in [2.75, 3.05) is 7.11 Å². The predicted octanol–water partition coefficient (Wildman–Crippen LogP) is 3.63. The Balaban J connectivity index is 0.000000437. The number of ether oxygens (including phenoxy) is 1. The highest BCUT2D eigenvalue weighted by molar-refractivity contribution is 7.12. The maximum atomic E-state index is 11.0. The molecule has 0 amide bonds. The third-order valence-electron chi connectivity index (χ3n) is 1.41. The Morgan fingerprint density at radius 3 is 2.29 bits per heavy atom. The fourth-order valence-corrected chi connectivity index (χ4v) is 1.70. The van der Waals surface area contributed by atoms with Gasteiger partial charge in [0.1, 0.15) is 0 Å². The smallest absolute Gasteiger partial charge is 0.465 e. The summed E-state index contributed by atoms with van der Waals surface area (Å²) in [6.07, 6.45) is 0. The van der Waals surface area contributed by atoms with Gasteiger partial charge in [0.2, 0.25) is 10.3 Å². The lowest BCUT2D eigenvalue weighted by Crippen LogP contribution is -2.02. The Bertz CT molecular complexity index is 434. The Kier molecular flexibility index (Phi) is 5.60. The standard InChI is InChI=1S/C7H7N2O2S.BF4/c1-4-3-12-6(5(4)9-8)7(10)11-2;2-1(3,4)5/h3H,1-2H3;/q+1;-1. The van der Waals surface area contributed by atoms with Gasteiger partial charge in [-0.3, -0.25) is 0 Å². The lowest BCUT2D eigenvalue weighted by Gasteiger charge is -1.94. The second-order valence-corrected chi connectivity index (χ2v) is 3.56. The Labute approximate surface area is 97.9 Å². The van der Waals surface area contributed by atoms with E-state index in [-0.39, 0.29) is 0 Å². The molecular weight excluding hydrogens is 263 g/mol. The fraction of sp³-hybridized carbons (Fsp3) is 0.286. The van der Waals surface area contributed by atoms with Crippen molar-refractivity contribution < 1.29 is 26.8 Å². The van der Waals surface area contributed by atoms with Crippen LogP contribution in [0.2, 0.25) is 0 Å². The molecule has 0 atom stereocenters. The van der Waals surface area contributed by atoms with Gasteiger partial charge in [0.15, 0.2) is 4.98 Å². The van der Waals surface area contributed by atoms with Crippen LogP contribution in [0.3, 0.4) is 0 Å². The van der Waals surface area contributed by atoms with Crippen LogP contribution in [-0.2, 0) is 4.74 Å². The molecule has 0 fully saturated rings. The van der Waals surface area contributed by atoms with E-state index >= 15 is 0 Å². The number of rotatable bonds is 1. The SMILES string of the molecule is COC(=O)c1scc(C)c1[N+]#N.F[B-](F)(F)F. The van der Waals surface area contributed by atoms with Gasteiger partial charge in [0.05, 0.1) is 12.7 Å². The summed E-state index contributed by atoms with van der Waals surface area (Å²) in [5, 5.41) is 10.3. The van der Waals surface area contributed by atoms with Crippen LogP contribution in [0.25, 0.3) is 4.98 Å². The number of aryl methyl sites for hydroxylation is 1.